The molecule has 2 N–H and O–H groups in total. The van der Waals surface area contributed by atoms with Crippen molar-refractivity contribution in [3.8, 4) is 0 Å². The van der Waals surface area contributed by atoms with Crippen molar-refractivity contribution in [1.29, 1.82) is 0 Å². The van der Waals surface area contributed by atoms with Gasteiger partial charge in [-0.25, -0.2) is 0 Å². The van der Waals surface area contributed by atoms with Crippen LogP contribution in [0.5, 0.6) is 0 Å². The fraction of sp³-hybridized carbons (Fsp3) is 0.700. The van der Waals surface area contributed by atoms with Crippen molar-refractivity contribution in [3.63, 3.8) is 0 Å². The molecule has 0 spiro atoms. The highest BCUT2D eigenvalue weighted by molar-refractivity contribution is 5.78. The molecule has 3 nitrogen and oxygen atoms in total. The van der Waals surface area contributed by atoms with Gasteiger partial charge in [-0.05, 0) is 26.7 Å². The molecular weight excluding hydrogens is 164 g/mol. The maximum absolute atomic E-state index is 11.2. The van der Waals surface area contributed by atoms with Gasteiger partial charge in [-0.3, -0.25) is 4.79 Å². The lowest BCUT2D eigenvalue weighted by Gasteiger charge is -2.03. The van der Waals surface area contributed by atoms with Gasteiger partial charge in [-0.1, -0.05) is 11.6 Å². The van der Waals surface area contributed by atoms with E-state index in [9.17, 15) is 4.79 Å². The van der Waals surface area contributed by atoms with Gasteiger partial charge in [0.15, 0.2) is 0 Å². The minimum Gasteiger partial charge on any atom is -0.352 e. The second-order valence-corrected chi connectivity index (χ2v) is 3.74. The lowest BCUT2D eigenvalue weighted by atomic mass is 10.3. The number of hydrogen-bond acceptors (Lipinski definition) is 2. The van der Waals surface area contributed by atoms with Crippen LogP contribution in [0.4, 0.5) is 0 Å². The molecule has 0 atom stereocenters. The molecule has 1 aliphatic rings. The van der Waals surface area contributed by atoms with E-state index in [1.54, 1.807) is 0 Å². The fourth-order valence-corrected chi connectivity index (χ4v) is 0.956. The highest BCUT2D eigenvalue weighted by atomic mass is 16.1. The second kappa shape index (κ2) is 5.02. The van der Waals surface area contributed by atoms with Gasteiger partial charge < -0.3 is 10.6 Å². The van der Waals surface area contributed by atoms with Crippen LogP contribution in [-0.2, 0) is 4.79 Å². The molecule has 13 heavy (non-hydrogen) atoms. The zero-order valence-electron chi connectivity index (χ0n) is 8.39. The number of hydrogen-bond donors (Lipinski definition) is 2. The Morgan fingerprint density at radius 2 is 2.15 bits per heavy atom. The third kappa shape index (κ3) is 5.42. The molecule has 0 unspecified atom stereocenters. The highest BCUT2D eigenvalue weighted by Gasteiger charge is 2.20. The number of nitrogens with one attached hydrogen (secondary N) is 2. The Balaban J connectivity index is 1.99. The summed E-state index contributed by atoms with van der Waals surface area (Å²) in [5.74, 6) is 0.0874. The standard InChI is InChI=1S/C10H18N2O/c1-8(2)5-6-11-10(13)7-12-9-3-4-9/h5,9,12H,3-4,6-7H2,1-2H3,(H,11,13). The van der Waals surface area contributed by atoms with Gasteiger partial charge in [-0.15, -0.1) is 0 Å². The van der Waals surface area contributed by atoms with Gasteiger partial charge in [0.2, 0.25) is 5.91 Å². The number of rotatable bonds is 5. The van der Waals surface area contributed by atoms with Crippen LogP contribution in [0.15, 0.2) is 11.6 Å². The maximum atomic E-state index is 11.2. The number of carbonyl (C=O) groups is 1. The number of carbonyl (C=O) groups excluding carboxylic acids is 1. The van der Waals surface area contributed by atoms with Gasteiger partial charge in [-0.2, -0.15) is 0 Å². The van der Waals surface area contributed by atoms with E-state index < -0.39 is 0 Å². The molecule has 1 saturated carbocycles. The molecule has 74 valence electrons. The van der Waals surface area contributed by atoms with E-state index in [0.717, 1.165) is 0 Å². The van der Waals surface area contributed by atoms with Crippen molar-refractivity contribution < 1.29 is 4.79 Å². The molecule has 1 aliphatic carbocycles. The van der Waals surface area contributed by atoms with E-state index >= 15 is 0 Å². The van der Waals surface area contributed by atoms with Crippen LogP contribution in [0.1, 0.15) is 26.7 Å². The zero-order valence-corrected chi connectivity index (χ0v) is 8.39. The molecule has 0 bridgehead atoms. The Morgan fingerprint density at radius 1 is 1.46 bits per heavy atom. The molecule has 0 aliphatic heterocycles. The molecule has 1 rings (SSSR count). The van der Waals surface area contributed by atoms with Crippen LogP contribution >= 0.6 is 0 Å². The summed E-state index contributed by atoms with van der Waals surface area (Å²) >= 11 is 0. The average Bonchev–Trinajstić information content (AvgIpc) is 2.83. The van der Waals surface area contributed by atoms with E-state index in [-0.39, 0.29) is 5.91 Å². The first-order chi connectivity index (χ1) is 6.18. The Morgan fingerprint density at radius 3 is 2.69 bits per heavy atom. The van der Waals surface area contributed by atoms with Crippen LogP contribution < -0.4 is 10.6 Å². The van der Waals surface area contributed by atoms with Crippen molar-refractivity contribution in [2.24, 2.45) is 0 Å². The quantitative estimate of drug-likeness (QED) is 0.618. The van der Waals surface area contributed by atoms with Crippen molar-refractivity contribution in [2.45, 2.75) is 32.7 Å². The predicted molar refractivity (Wildman–Crippen MR) is 53.5 cm³/mol. The lowest BCUT2D eigenvalue weighted by molar-refractivity contribution is -0.120. The molecule has 3 heteroatoms. The van der Waals surface area contributed by atoms with Crippen LogP contribution in [0.2, 0.25) is 0 Å². The molecule has 0 saturated heterocycles. The molecule has 0 aromatic carbocycles. The summed E-state index contributed by atoms with van der Waals surface area (Å²) in [6.07, 6.45) is 4.46. The lowest BCUT2D eigenvalue weighted by Crippen LogP contribution is -2.34. The summed E-state index contributed by atoms with van der Waals surface area (Å²) in [7, 11) is 0. The van der Waals surface area contributed by atoms with Crippen molar-refractivity contribution in [2.75, 3.05) is 13.1 Å². The van der Waals surface area contributed by atoms with Gasteiger partial charge in [0, 0.05) is 12.6 Å². The zero-order chi connectivity index (χ0) is 9.68. The number of amides is 1. The minimum atomic E-state index is 0.0874. The normalized spacial score (nSPS) is 15.2. The molecular formula is C10H18N2O. The summed E-state index contributed by atoms with van der Waals surface area (Å²) in [5, 5.41) is 5.98. The highest BCUT2D eigenvalue weighted by Crippen LogP contribution is 2.17. The second-order valence-electron chi connectivity index (χ2n) is 3.74. The van der Waals surface area contributed by atoms with Crippen LogP contribution in [-0.4, -0.2) is 25.0 Å². The first-order valence-electron chi connectivity index (χ1n) is 4.82. The Hall–Kier alpha value is -0.830. The largest absolute Gasteiger partial charge is 0.352 e. The molecule has 0 aromatic heterocycles. The number of allylic oxidation sites excluding steroid dienone is 1. The summed E-state index contributed by atoms with van der Waals surface area (Å²) in [6.45, 7) is 5.15. The van der Waals surface area contributed by atoms with Gasteiger partial charge in [0.1, 0.15) is 0 Å². The van der Waals surface area contributed by atoms with Crippen molar-refractivity contribution >= 4 is 5.91 Å². The Bertz CT molecular complexity index is 203. The smallest absolute Gasteiger partial charge is 0.234 e. The van der Waals surface area contributed by atoms with E-state index in [2.05, 4.69) is 10.6 Å². The van der Waals surface area contributed by atoms with Crippen LogP contribution in [0, 0.1) is 0 Å². The van der Waals surface area contributed by atoms with Gasteiger partial charge in [0.25, 0.3) is 0 Å². The summed E-state index contributed by atoms with van der Waals surface area (Å²) in [6, 6.07) is 0.606. The van der Waals surface area contributed by atoms with Gasteiger partial charge in [0.05, 0.1) is 6.54 Å². The van der Waals surface area contributed by atoms with Crippen molar-refractivity contribution in [3.05, 3.63) is 11.6 Å². The third-order valence-corrected chi connectivity index (χ3v) is 1.94. The first kappa shape index (κ1) is 10.3. The van der Waals surface area contributed by atoms with E-state index in [1.165, 1.54) is 18.4 Å². The molecule has 1 amide bonds. The van der Waals surface area contributed by atoms with Crippen LogP contribution in [0.3, 0.4) is 0 Å². The molecule has 0 radical (unpaired) electrons. The SMILES string of the molecule is CC(C)=CCNC(=O)CNC1CC1. The molecule has 0 heterocycles. The topological polar surface area (TPSA) is 41.1 Å². The van der Waals surface area contributed by atoms with Crippen molar-refractivity contribution in [1.82, 2.24) is 10.6 Å². The fourth-order valence-electron chi connectivity index (χ4n) is 0.956. The van der Waals surface area contributed by atoms with Crippen LogP contribution in [0.25, 0.3) is 0 Å². The third-order valence-electron chi connectivity index (χ3n) is 1.94. The molecule has 0 aromatic rings. The summed E-state index contributed by atoms with van der Waals surface area (Å²) in [4.78, 5) is 11.2. The maximum Gasteiger partial charge on any atom is 0.234 e. The van der Waals surface area contributed by atoms with Gasteiger partial charge >= 0.3 is 0 Å². The van der Waals surface area contributed by atoms with E-state index in [1.807, 2.05) is 19.9 Å². The van der Waals surface area contributed by atoms with E-state index in [0.29, 0.717) is 19.1 Å². The summed E-state index contributed by atoms with van der Waals surface area (Å²) in [5.41, 5.74) is 1.23. The summed E-state index contributed by atoms with van der Waals surface area (Å²) < 4.78 is 0. The Kier molecular flexibility index (Phi) is 3.96. The predicted octanol–water partition coefficient (Wildman–Crippen LogP) is 0.821. The minimum absolute atomic E-state index is 0.0874. The van der Waals surface area contributed by atoms with E-state index in [4.69, 9.17) is 0 Å². The first-order valence-corrected chi connectivity index (χ1v) is 4.82. The molecule has 1 fully saturated rings. The Labute approximate surface area is 79.6 Å². The average molecular weight is 182 g/mol. The monoisotopic (exact) mass is 182 g/mol.